The summed E-state index contributed by atoms with van der Waals surface area (Å²) in [5.74, 6) is 1.62. The molecule has 0 radical (unpaired) electrons. The van der Waals surface area contributed by atoms with Crippen molar-refractivity contribution in [3.05, 3.63) is 52.3 Å². The highest BCUT2D eigenvalue weighted by Gasteiger charge is 2.34. The van der Waals surface area contributed by atoms with E-state index in [4.69, 9.17) is 18.9 Å². The molecule has 1 fully saturated rings. The van der Waals surface area contributed by atoms with Gasteiger partial charge >= 0.3 is 0 Å². The van der Waals surface area contributed by atoms with Crippen molar-refractivity contribution in [1.29, 1.82) is 0 Å². The van der Waals surface area contributed by atoms with Crippen molar-refractivity contribution >= 4 is 11.9 Å². The number of hydrogen-bond acceptors (Lipinski definition) is 7. The highest BCUT2D eigenvalue weighted by atomic mass is 16.5. The molecule has 0 aromatic heterocycles. The molecule has 2 heterocycles. The lowest BCUT2D eigenvalue weighted by molar-refractivity contribution is 0.0336. The second-order valence-corrected chi connectivity index (χ2v) is 7.31. The molecule has 2 aromatic rings. The summed E-state index contributed by atoms with van der Waals surface area (Å²) in [7, 11) is 3.11. The first-order chi connectivity index (χ1) is 14.5. The van der Waals surface area contributed by atoms with E-state index in [2.05, 4.69) is 4.90 Å². The number of benzene rings is 2. The number of morpholine rings is 1. The third kappa shape index (κ3) is 3.62. The van der Waals surface area contributed by atoms with Crippen LogP contribution in [0.3, 0.4) is 0 Å². The van der Waals surface area contributed by atoms with E-state index in [1.165, 1.54) is 0 Å². The number of methoxy groups -OCH3 is 2. The van der Waals surface area contributed by atoms with Crippen LogP contribution >= 0.6 is 0 Å². The molecule has 2 aliphatic heterocycles. The number of hydrogen-bond donors (Lipinski definition) is 1. The molecule has 0 unspecified atom stereocenters. The number of phenols is 1. The Morgan fingerprint density at radius 3 is 2.67 bits per heavy atom. The van der Waals surface area contributed by atoms with Crippen LogP contribution in [0.5, 0.6) is 23.0 Å². The average Bonchev–Trinajstić information content (AvgIpc) is 3.08. The monoisotopic (exact) mass is 411 g/mol. The topological polar surface area (TPSA) is 77.5 Å². The third-order valence-electron chi connectivity index (χ3n) is 5.43. The van der Waals surface area contributed by atoms with Gasteiger partial charge in [0.25, 0.3) is 0 Å². The molecular weight excluding hydrogens is 386 g/mol. The fraction of sp³-hybridized carbons (Fsp3) is 0.348. The number of ether oxygens (including phenoxy) is 4. The number of Topliss-reactive ketones (excluding diaryl/α,β-unsaturated/α-hetero) is 1. The Labute approximate surface area is 175 Å². The number of nitrogens with zero attached hydrogens (tertiary/aromatic N) is 1. The van der Waals surface area contributed by atoms with E-state index in [0.29, 0.717) is 59.3 Å². The maximum atomic E-state index is 13.2. The van der Waals surface area contributed by atoms with Crippen molar-refractivity contribution < 1.29 is 28.8 Å². The van der Waals surface area contributed by atoms with E-state index < -0.39 is 0 Å². The Morgan fingerprint density at radius 1 is 1.20 bits per heavy atom. The van der Waals surface area contributed by atoms with E-state index in [1.54, 1.807) is 39.4 Å². The Kier molecular flexibility index (Phi) is 5.65. The molecule has 4 rings (SSSR count). The zero-order valence-electron chi connectivity index (χ0n) is 17.4. The fourth-order valence-electron chi connectivity index (χ4n) is 3.88. The second-order valence-electron chi connectivity index (χ2n) is 7.31. The van der Waals surface area contributed by atoms with E-state index in [-0.39, 0.29) is 17.3 Å². The number of aromatic hydroxyl groups is 1. The molecule has 0 amide bonds. The van der Waals surface area contributed by atoms with Gasteiger partial charge in [-0.2, -0.15) is 0 Å². The number of ketones is 1. The fourth-order valence-corrected chi connectivity index (χ4v) is 3.88. The van der Waals surface area contributed by atoms with Crippen LogP contribution < -0.4 is 14.2 Å². The van der Waals surface area contributed by atoms with Gasteiger partial charge in [0, 0.05) is 25.2 Å². The molecule has 2 aromatic carbocycles. The lowest BCUT2D eigenvalue weighted by Gasteiger charge is -2.27. The van der Waals surface area contributed by atoms with Gasteiger partial charge in [-0.25, -0.2) is 0 Å². The summed E-state index contributed by atoms with van der Waals surface area (Å²) < 4.78 is 22.2. The predicted molar refractivity (Wildman–Crippen MR) is 111 cm³/mol. The number of carbonyl (C=O) groups excluding carboxylic acids is 1. The summed E-state index contributed by atoms with van der Waals surface area (Å²) >= 11 is 0. The van der Waals surface area contributed by atoms with Crippen LogP contribution in [0.1, 0.15) is 27.0 Å². The van der Waals surface area contributed by atoms with Crippen LogP contribution in [-0.2, 0) is 11.3 Å². The average molecular weight is 411 g/mol. The van der Waals surface area contributed by atoms with Gasteiger partial charge < -0.3 is 24.1 Å². The summed E-state index contributed by atoms with van der Waals surface area (Å²) in [6.45, 7) is 5.11. The van der Waals surface area contributed by atoms with Gasteiger partial charge in [0.05, 0.1) is 38.6 Å². The highest BCUT2D eigenvalue weighted by Crippen LogP contribution is 2.43. The molecule has 2 aliphatic rings. The van der Waals surface area contributed by atoms with E-state index in [0.717, 1.165) is 13.1 Å². The Bertz CT molecular complexity index is 1010. The maximum Gasteiger partial charge on any atom is 0.232 e. The minimum atomic E-state index is -0.212. The largest absolute Gasteiger partial charge is 0.507 e. The summed E-state index contributed by atoms with van der Waals surface area (Å²) in [4.78, 5) is 15.3. The maximum absolute atomic E-state index is 13.2. The van der Waals surface area contributed by atoms with Crippen LogP contribution in [-0.4, -0.2) is 56.3 Å². The molecule has 7 heteroatoms. The van der Waals surface area contributed by atoms with Crippen LogP contribution in [0.2, 0.25) is 0 Å². The molecule has 0 aliphatic carbocycles. The molecule has 0 spiro atoms. The lowest BCUT2D eigenvalue weighted by Crippen LogP contribution is -2.35. The molecule has 0 atom stereocenters. The molecule has 7 nitrogen and oxygen atoms in total. The van der Waals surface area contributed by atoms with Crippen molar-refractivity contribution in [3.63, 3.8) is 0 Å². The van der Waals surface area contributed by atoms with Gasteiger partial charge in [-0.3, -0.25) is 9.69 Å². The van der Waals surface area contributed by atoms with Crippen molar-refractivity contribution in [2.24, 2.45) is 0 Å². The molecule has 158 valence electrons. The highest BCUT2D eigenvalue weighted by molar-refractivity contribution is 6.16. The van der Waals surface area contributed by atoms with Crippen LogP contribution in [0.4, 0.5) is 0 Å². The van der Waals surface area contributed by atoms with Crippen molar-refractivity contribution in [2.45, 2.75) is 13.5 Å². The second kappa shape index (κ2) is 8.38. The first kappa shape index (κ1) is 20.3. The minimum Gasteiger partial charge on any atom is -0.507 e. The molecule has 1 N–H and O–H groups in total. The number of carbonyl (C=O) groups is 1. The predicted octanol–water partition coefficient (Wildman–Crippen LogP) is 3.17. The Balaban J connectivity index is 1.73. The number of phenolic OH excluding ortho intramolecular Hbond substituents is 1. The molecule has 0 saturated carbocycles. The van der Waals surface area contributed by atoms with Gasteiger partial charge in [0.1, 0.15) is 11.5 Å². The minimum absolute atomic E-state index is 0.130. The van der Waals surface area contributed by atoms with Gasteiger partial charge in [-0.05, 0) is 30.7 Å². The normalized spacial score (nSPS) is 17.7. The smallest absolute Gasteiger partial charge is 0.232 e. The lowest BCUT2D eigenvalue weighted by atomic mass is 9.99. The SMILES string of the molecule is COc1cccc(/C=C2\Oc3c(CN4CCOCC4)c(O)cc(C)c3C2=O)c1OC. The van der Waals surface area contributed by atoms with Gasteiger partial charge in [-0.15, -0.1) is 0 Å². The Morgan fingerprint density at radius 2 is 1.97 bits per heavy atom. The van der Waals surface area contributed by atoms with Crippen LogP contribution in [0.25, 0.3) is 6.08 Å². The zero-order valence-corrected chi connectivity index (χ0v) is 17.4. The molecule has 30 heavy (non-hydrogen) atoms. The molecule has 0 bridgehead atoms. The van der Waals surface area contributed by atoms with Crippen LogP contribution in [0, 0.1) is 6.92 Å². The number of rotatable bonds is 5. The van der Waals surface area contributed by atoms with Crippen molar-refractivity contribution in [1.82, 2.24) is 4.90 Å². The van der Waals surface area contributed by atoms with Gasteiger partial charge in [0.15, 0.2) is 17.3 Å². The number of allylic oxidation sites excluding steroid dienone is 1. The summed E-state index contributed by atoms with van der Waals surface area (Å²) in [5, 5.41) is 10.6. The van der Waals surface area contributed by atoms with Gasteiger partial charge in [0.2, 0.25) is 5.78 Å². The number of para-hydroxylation sites is 1. The standard InChI is InChI=1S/C23H25NO6/c1-14-11-17(25)16(13-24-7-9-29-10-8-24)23-20(14)21(26)19(30-23)12-15-5-4-6-18(27-2)22(15)28-3/h4-6,11-12,25H,7-10,13H2,1-3H3/b19-12-. The van der Waals surface area contributed by atoms with E-state index in [1.807, 2.05) is 12.1 Å². The van der Waals surface area contributed by atoms with E-state index >= 15 is 0 Å². The quantitative estimate of drug-likeness (QED) is 0.757. The van der Waals surface area contributed by atoms with E-state index in [9.17, 15) is 9.90 Å². The number of aryl methyl sites for hydroxylation is 1. The summed E-state index contributed by atoms with van der Waals surface area (Å²) in [5.41, 5.74) is 2.46. The van der Waals surface area contributed by atoms with Crippen LogP contribution in [0.15, 0.2) is 30.0 Å². The van der Waals surface area contributed by atoms with Gasteiger partial charge in [-0.1, -0.05) is 12.1 Å². The van der Waals surface area contributed by atoms with Crippen molar-refractivity contribution in [3.8, 4) is 23.0 Å². The first-order valence-electron chi connectivity index (χ1n) is 9.84. The first-order valence-corrected chi connectivity index (χ1v) is 9.84. The van der Waals surface area contributed by atoms with Crippen molar-refractivity contribution in [2.75, 3.05) is 40.5 Å². The molecular formula is C23H25NO6. The Hall–Kier alpha value is -3.03. The summed E-state index contributed by atoms with van der Waals surface area (Å²) in [6, 6.07) is 7.06. The third-order valence-corrected chi connectivity index (χ3v) is 5.43. The summed E-state index contributed by atoms with van der Waals surface area (Å²) in [6.07, 6.45) is 1.65. The number of fused-ring (bicyclic) bond motifs is 1. The zero-order chi connectivity index (χ0) is 21.3. The molecule has 1 saturated heterocycles.